The van der Waals surface area contributed by atoms with Gasteiger partial charge in [0.25, 0.3) is 0 Å². The van der Waals surface area contributed by atoms with Crippen molar-refractivity contribution in [2.24, 2.45) is 5.92 Å². The fourth-order valence-corrected chi connectivity index (χ4v) is 4.05. The third kappa shape index (κ3) is 6.57. The number of nitrogens with zero attached hydrogens (tertiary/aromatic N) is 3. The average molecular weight is 487 g/mol. The van der Waals surface area contributed by atoms with E-state index in [0.717, 1.165) is 0 Å². The number of rotatable bonds is 10. The van der Waals surface area contributed by atoms with Gasteiger partial charge in [0, 0.05) is 12.2 Å². The molecule has 180 valence electrons. The van der Waals surface area contributed by atoms with Crippen molar-refractivity contribution < 1.29 is 23.8 Å². The van der Waals surface area contributed by atoms with Crippen molar-refractivity contribution in [2.75, 3.05) is 5.32 Å². The van der Waals surface area contributed by atoms with Crippen LogP contribution in [-0.4, -0.2) is 37.0 Å². The van der Waals surface area contributed by atoms with Crippen LogP contribution >= 0.6 is 11.8 Å². The molecule has 3 rings (SSSR count). The molecule has 2 aromatic carbocycles. The van der Waals surface area contributed by atoms with Crippen molar-refractivity contribution in [3.63, 3.8) is 0 Å². The Morgan fingerprint density at radius 3 is 2.47 bits per heavy atom. The molecule has 2 atom stereocenters. The molecule has 8 nitrogen and oxygen atoms in total. The number of benzene rings is 2. The first-order chi connectivity index (χ1) is 16.1. The van der Waals surface area contributed by atoms with Crippen molar-refractivity contribution in [2.45, 2.75) is 50.8 Å². The Hall–Kier alpha value is -3.40. The monoisotopic (exact) mass is 486 g/mol. The minimum absolute atomic E-state index is 0.0922. The molecule has 10 heteroatoms. The highest BCUT2D eigenvalue weighted by molar-refractivity contribution is 8.00. The summed E-state index contributed by atoms with van der Waals surface area (Å²) in [5, 5.41) is 20.5. The Bertz CT molecular complexity index is 1150. The van der Waals surface area contributed by atoms with Gasteiger partial charge in [0.1, 0.15) is 11.6 Å². The molecule has 0 aliphatic heterocycles. The summed E-state index contributed by atoms with van der Waals surface area (Å²) in [4.78, 5) is 23.9. The number of thioether (sulfide) groups is 1. The molecule has 0 saturated heterocycles. The van der Waals surface area contributed by atoms with Crippen LogP contribution in [0.15, 0.2) is 53.7 Å². The summed E-state index contributed by atoms with van der Waals surface area (Å²) in [5.41, 5.74) is 0.498. The number of hydrogen-bond acceptors (Lipinski definition) is 6. The molecular weight excluding hydrogens is 459 g/mol. The van der Waals surface area contributed by atoms with E-state index in [1.54, 1.807) is 31.2 Å². The molecule has 0 spiro atoms. The molecule has 0 aliphatic rings. The maximum absolute atomic E-state index is 13.2. The summed E-state index contributed by atoms with van der Waals surface area (Å²) in [5.74, 6) is -0.298. The fraction of sp³-hybridized carbons (Fsp3) is 0.333. The normalized spacial score (nSPS) is 12.9. The van der Waals surface area contributed by atoms with Gasteiger partial charge in [-0.2, -0.15) is 0 Å². The molecule has 0 aliphatic carbocycles. The largest absolute Gasteiger partial charge is 0.483 e. The third-order valence-electron chi connectivity index (χ3n) is 4.81. The van der Waals surface area contributed by atoms with Crippen LogP contribution in [0, 0.1) is 11.7 Å². The average Bonchev–Trinajstić information content (AvgIpc) is 3.17. The molecule has 1 aromatic heterocycles. The molecule has 0 saturated carbocycles. The van der Waals surface area contributed by atoms with Crippen molar-refractivity contribution >= 4 is 29.3 Å². The number of carbonyl (C=O) groups is 2. The van der Waals surface area contributed by atoms with Gasteiger partial charge >= 0.3 is 5.97 Å². The topological polar surface area (TPSA) is 106 Å². The maximum atomic E-state index is 13.2. The zero-order chi connectivity index (χ0) is 24.8. The lowest BCUT2D eigenvalue weighted by Crippen LogP contribution is -2.23. The van der Waals surface area contributed by atoms with Gasteiger partial charge in [-0.05, 0) is 62.2 Å². The smallest absolute Gasteiger partial charge is 0.335 e. The summed E-state index contributed by atoms with van der Waals surface area (Å²) in [7, 11) is 0. The first-order valence-electron chi connectivity index (χ1n) is 10.8. The van der Waals surface area contributed by atoms with Crippen molar-refractivity contribution in [3.05, 3.63) is 65.7 Å². The second-order valence-electron chi connectivity index (χ2n) is 8.19. The number of ether oxygens (including phenoxy) is 1. The number of amides is 1. The minimum Gasteiger partial charge on any atom is -0.483 e. The quantitative estimate of drug-likeness (QED) is 0.387. The van der Waals surface area contributed by atoms with Gasteiger partial charge in [0.2, 0.25) is 5.91 Å². The zero-order valence-corrected chi connectivity index (χ0v) is 20.2. The van der Waals surface area contributed by atoms with Crippen LogP contribution in [0.5, 0.6) is 5.75 Å². The molecule has 0 fully saturated rings. The van der Waals surface area contributed by atoms with Crippen LogP contribution in [0.1, 0.15) is 50.0 Å². The molecule has 1 amide bonds. The van der Waals surface area contributed by atoms with Gasteiger partial charge in [-0.25, -0.2) is 9.18 Å². The van der Waals surface area contributed by atoms with Gasteiger partial charge in [-0.15, -0.1) is 10.2 Å². The first kappa shape index (κ1) is 25.2. The predicted octanol–water partition coefficient (Wildman–Crippen LogP) is 5.03. The number of carboxylic acids is 1. The van der Waals surface area contributed by atoms with Crippen LogP contribution in [0.4, 0.5) is 10.1 Å². The summed E-state index contributed by atoms with van der Waals surface area (Å²) in [6.07, 6.45) is -0.450. The van der Waals surface area contributed by atoms with Crippen molar-refractivity contribution in [3.8, 4) is 5.75 Å². The van der Waals surface area contributed by atoms with E-state index in [9.17, 15) is 14.0 Å². The van der Waals surface area contributed by atoms with E-state index >= 15 is 0 Å². The maximum Gasteiger partial charge on any atom is 0.335 e. The summed E-state index contributed by atoms with van der Waals surface area (Å²) in [6, 6.07) is 11.8. The van der Waals surface area contributed by atoms with E-state index in [0.29, 0.717) is 29.0 Å². The van der Waals surface area contributed by atoms with E-state index in [1.807, 2.05) is 11.5 Å². The van der Waals surface area contributed by atoms with Crippen LogP contribution in [0.25, 0.3) is 0 Å². The number of nitrogens with one attached hydrogen (secondary N) is 1. The molecule has 34 heavy (non-hydrogen) atoms. The van der Waals surface area contributed by atoms with E-state index in [-0.39, 0.29) is 23.2 Å². The number of aromatic nitrogens is 3. The lowest BCUT2D eigenvalue weighted by Gasteiger charge is -2.18. The predicted molar refractivity (Wildman–Crippen MR) is 128 cm³/mol. The lowest BCUT2D eigenvalue weighted by molar-refractivity contribution is -0.115. The number of aromatic carboxylic acids is 1. The number of carbonyl (C=O) groups excluding carboxylic acids is 1. The van der Waals surface area contributed by atoms with E-state index < -0.39 is 17.3 Å². The van der Waals surface area contributed by atoms with Crippen LogP contribution in [0.3, 0.4) is 0 Å². The second kappa shape index (κ2) is 11.1. The number of halogens is 1. The lowest BCUT2D eigenvalue weighted by atomic mass is 10.2. The number of carboxylic acid groups (broad SMARTS) is 1. The first-order valence-corrected chi connectivity index (χ1v) is 11.7. The van der Waals surface area contributed by atoms with Gasteiger partial charge in [-0.1, -0.05) is 31.7 Å². The zero-order valence-electron chi connectivity index (χ0n) is 19.4. The Kier molecular flexibility index (Phi) is 8.27. The van der Waals surface area contributed by atoms with Gasteiger partial charge in [0.15, 0.2) is 17.1 Å². The molecule has 2 N–H and O–H groups in total. The standard InChI is InChI=1S/C24H27FN4O4S/c1-14(2)13-29-21(15(3)33-20-10-8-18(25)9-11-20)27-28-24(29)34-16(4)22(30)26-19-7-5-6-17(12-19)23(31)32/h5-12,14-16H,13H2,1-4H3,(H,26,30)(H,31,32). The highest BCUT2D eigenvalue weighted by Gasteiger charge is 2.24. The Morgan fingerprint density at radius 1 is 1.12 bits per heavy atom. The third-order valence-corrected chi connectivity index (χ3v) is 5.89. The molecular formula is C24H27FN4O4S. The molecule has 0 bridgehead atoms. The van der Waals surface area contributed by atoms with E-state index in [1.165, 1.54) is 36.0 Å². The molecule has 3 aromatic rings. The van der Waals surface area contributed by atoms with Gasteiger partial charge in [-0.3, -0.25) is 4.79 Å². The van der Waals surface area contributed by atoms with Crippen molar-refractivity contribution in [1.29, 1.82) is 0 Å². The Balaban J connectivity index is 1.74. The molecule has 1 heterocycles. The number of hydrogen-bond donors (Lipinski definition) is 2. The van der Waals surface area contributed by atoms with Crippen LogP contribution in [0.2, 0.25) is 0 Å². The SMILES string of the molecule is CC(C)Cn1c(SC(C)C(=O)Nc2cccc(C(=O)O)c2)nnc1C(C)Oc1ccc(F)cc1. The van der Waals surface area contributed by atoms with Crippen LogP contribution in [-0.2, 0) is 11.3 Å². The fourth-order valence-electron chi connectivity index (χ4n) is 3.18. The van der Waals surface area contributed by atoms with Gasteiger partial charge < -0.3 is 19.7 Å². The highest BCUT2D eigenvalue weighted by atomic mass is 32.2. The Labute approximate surface area is 201 Å². The highest BCUT2D eigenvalue weighted by Crippen LogP contribution is 2.28. The number of anilines is 1. The summed E-state index contributed by atoms with van der Waals surface area (Å²) in [6.45, 7) is 8.33. The van der Waals surface area contributed by atoms with Crippen molar-refractivity contribution in [1.82, 2.24) is 14.8 Å². The van der Waals surface area contributed by atoms with Gasteiger partial charge in [0.05, 0.1) is 10.8 Å². The molecule has 2 unspecified atom stereocenters. The minimum atomic E-state index is -1.06. The van der Waals surface area contributed by atoms with E-state index in [4.69, 9.17) is 9.84 Å². The summed E-state index contributed by atoms with van der Waals surface area (Å²) < 4.78 is 21.0. The van der Waals surface area contributed by atoms with Crippen LogP contribution < -0.4 is 10.1 Å². The van der Waals surface area contributed by atoms with E-state index in [2.05, 4.69) is 29.4 Å². The Morgan fingerprint density at radius 2 is 1.82 bits per heavy atom. The molecule has 0 radical (unpaired) electrons. The second-order valence-corrected chi connectivity index (χ2v) is 9.50. The summed E-state index contributed by atoms with van der Waals surface area (Å²) >= 11 is 1.25.